The second-order valence-electron chi connectivity index (χ2n) is 5.78. The van der Waals surface area contributed by atoms with Crippen molar-refractivity contribution in [2.75, 3.05) is 12.4 Å². The quantitative estimate of drug-likeness (QED) is 0.707. The van der Waals surface area contributed by atoms with Gasteiger partial charge in [0.1, 0.15) is 0 Å². The lowest BCUT2D eigenvalue weighted by Gasteiger charge is -2.26. The van der Waals surface area contributed by atoms with E-state index in [2.05, 4.69) is 32.4 Å². The first-order valence-corrected chi connectivity index (χ1v) is 9.05. The highest BCUT2D eigenvalue weighted by molar-refractivity contribution is 7.13. The number of amides is 1. The molecular weight excluding hydrogens is 334 g/mol. The molecule has 0 saturated carbocycles. The molecule has 3 aromatic rings. The molecule has 25 heavy (non-hydrogen) atoms. The Kier molecular flexibility index (Phi) is 5.57. The average Bonchev–Trinajstić information content (AvgIpc) is 3.29. The molecule has 1 atom stereocenters. The highest BCUT2D eigenvalue weighted by Gasteiger charge is 2.22. The number of nitrogens with zero attached hydrogens (tertiary/aromatic N) is 4. The Hall–Kier alpha value is -2.51. The summed E-state index contributed by atoms with van der Waals surface area (Å²) in [5, 5.41) is 9.60. The van der Waals surface area contributed by atoms with E-state index in [-0.39, 0.29) is 11.9 Å². The SMILES string of the molecule is CCC(C(=O)Nc1nccs1)N(C)Cc1ccc(-n2cccn2)cc1. The van der Waals surface area contributed by atoms with Crippen molar-refractivity contribution in [3.05, 3.63) is 59.9 Å². The number of rotatable bonds is 7. The minimum absolute atomic E-state index is 0.0203. The van der Waals surface area contributed by atoms with Crippen molar-refractivity contribution in [2.24, 2.45) is 0 Å². The molecule has 0 aliphatic carbocycles. The van der Waals surface area contributed by atoms with Crippen molar-refractivity contribution < 1.29 is 4.79 Å². The highest BCUT2D eigenvalue weighted by atomic mass is 32.1. The number of hydrogen-bond donors (Lipinski definition) is 1. The van der Waals surface area contributed by atoms with Gasteiger partial charge in [-0.2, -0.15) is 5.10 Å². The lowest BCUT2D eigenvalue weighted by atomic mass is 10.1. The molecule has 0 fully saturated rings. The van der Waals surface area contributed by atoms with Gasteiger partial charge in [0.2, 0.25) is 5.91 Å². The Morgan fingerprint density at radius 2 is 2.12 bits per heavy atom. The smallest absolute Gasteiger partial charge is 0.243 e. The topological polar surface area (TPSA) is 63.1 Å². The minimum Gasteiger partial charge on any atom is -0.301 e. The van der Waals surface area contributed by atoms with Crippen LogP contribution >= 0.6 is 11.3 Å². The number of likely N-dealkylation sites (N-methyl/N-ethyl adjacent to an activating group) is 1. The van der Waals surface area contributed by atoms with E-state index in [9.17, 15) is 4.79 Å². The summed E-state index contributed by atoms with van der Waals surface area (Å²) in [7, 11) is 1.97. The number of aromatic nitrogens is 3. The standard InChI is InChI=1S/C18H21N5OS/c1-3-16(17(24)21-18-19-10-12-25-18)22(2)13-14-5-7-15(8-6-14)23-11-4-9-20-23/h4-12,16H,3,13H2,1-2H3,(H,19,21,24). The van der Waals surface area contributed by atoms with Gasteiger partial charge in [0.25, 0.3) is 0 Å². The van der Waals surface area contributed by atoms with Crippen LogP contribution in [-0.2, 0) is 11.3 Å². The predicted octanol–water partition coefficient (Wildman–Crippen LogP) is 3.18. The van der Waals surface area contributed by atoms with E-state index in [0.29, 0.717) is 11.7 Å². The van der Waals surface area contributed by atoms with Crippen LogP contribution < -0.4 is 5.32 Å². The monoisotopic (exact) mass is 355 g/mol. The first-order chi connectivity index (χ1) is 12.2. The van der Waals surface area contributed by atoms with E-state index < -0.39 is 0 Å². The van der Waals surface area contributed by atoms with Crippen LogP contribution in [0.3, 0.4) is 0 Å². The summed E-state index contributed by atoms with van der Waals surface area (Å²) in [6, 6.07) is 9.90. The maximum absolute atomic E-state index is 12.5. The molecule has 0 spiro atoms. The molecule has 1 aromatic carbocycles. The molecule has 2 aromatic heterocycles. The largest absolute Gasteiger partial charge is 0.301 e. The molecule has 1 unspecified atom stereocenters. The van der Waals surface area contributed by atoms with E-state index in [1.54, 1.807) is 12.4 Å². The highest BCUT2D eigenvalue weighted by Crippen LogP contribution is 2.15. The summed E-state index contributed by atoms with van der Waals surface area (Å²) >= 11 is 1.43. The van der Waals surface area contributed by atoms with Crippen LogP contribution in [0.5, 0.6) is 0 Å². The van der Waals surface area contributed by atoms with Crippen LogP contribution in [0.1, 0.15) is 18.9 Å². The molecule has 3 rings (SSSR count). The van der Waals surface area contributed by atoms with Crippen molar-refractivity contribution in [3.63, 3.8) is 0 Å². The van der Waals surface area contributed by atoms with Gasteiger partial charge in [-0.15, -0.1) is 11.3 Å². The summed E-state index contributed by atoms with van der Waals surface area (Å²) in [6.45, 7) is 2.71. The first-order valence-electron chi connectivity index (χ1n) is 8.17. The van der Waals surface area contributed by atoms with Crippen molar-refractivity contribution in [1.29, 1.82) is 0 Å². The Labute approximate surface area is 151 Å². The molecular formula is C18H21N5OS. The lowest BCUT2D eigenvalue weighted by Crippen LogP contribution is -2.41. The maximum Gasteiger partial charge on any atom is 0.243 e. The third-order valence-electron chi connectivity index (χ3n) is 4.02. The number of anilines is 1. The van der Waals surface area contributed by atoms with Crippen molar-refractivity contribution in [1.82, 2.24) is 19.7 Å². The van der Waals surface area contributed by atoms with Crippen LogP contribution in [-0.4, -0.2) is 38.7 Å². The van der Waals surface area contributed by atoms with Gasteiger partial charge < -0.3 is 5.32 Å². The number of hydrogen-bond acceptors (Lipinski definition) is 5. The van der Waals surface area contributed by atoms with Gasteiger partial charge >= 0.3 is 0 Å². The normalized spacial score (nSPS) is 12.3. The summed E-state index contributed by atoms with van der Waals surface area (Å²) in [6.07, 6.45) is 6.09. The lowest BCUT2D eigenvalue weighted by molar-refractivity contribution is -0.121. The molecule has 6 nitrogen and oxygen atoms in total. The zero-order valence-corrected chi connectivity index (χ0v) is 15.1. The Balaban J connectivity index is 1.63. The zero-order valence-electron chi connectivity index (χ0n) is 14.3. The Morgan fingerprint density at radius 1 is 1.32 bits per heavy atom. The van der Waals surface area contributed by atoms with Gasteiger partial charge in [-0.1, -0.05) is 19.1 Å². The second kappa shape index (κ2) is 8.04. The summed E-state index contributed by atoms with van der Waals surface area (Å²) < 4.78 is 1.82. The third kappa shape index (κ3) is 4.32. The molecule has 0 aliphatic heterocycles. The number of nitrogens with one attached hydrogen (secondary N) is 1. The molecule has 2 heterocycles. The number of carbonyl (C=O) groups is 1. The first kappa shape index (κ1) is 17.3. The van der Waals surface area contributed by atoms with Crippen molar-refractivity contribution in [3.8, 4) is 5.69 Å². The fourth-order valence-electron chi connectivity index (χ4n) is 2.74. The van der Waals surface area contributed by atoms with Crippen molar-refractivity contribution >= 4 is 22.4 Å². The van der Waals surface area contributed by atoms with E-state index in [1.807, 2.05) is 48.4 Å². The molecule has 0 saturated heterocycles. The fourth-order valence-corrected chi connectivity index (χ4v) is 3.28. The Morgan fingerprint density at radius 3 is 2.72 bits per heavy atom. The van der Waals surface area contributed by atoms with Gasteiger partial charge in [0.05, 0.1) is 11.7 Å². The molecule has 130 valence electrons. The van der Waals surface area contributed by atoms with Gasteiger partial charge in [-0.3, -0.25) is 9.69 Å². The molecule has 7 heteroatoms. The van der Waals surface area contributed by atoms with E-state index in [4.69, 9.17) is 0 Å². The predicted molar refractivity (Wildman–Crippen MR) is 99.9 cm³/mol. The number of thiazole rings is 1. The fraction of sp³-hybridized carbons (Fsp3) is 0.278. The summed E-state index contributed by atoms with van der Waals surface area (Å²) in [4.78, 5) is 18.7. The van der Waals surface area contributed by atoms with E-state index >= 15 is 0 Å². The molecule has 0 aliphatic rings. The molecule has 1 amide bonds. The van der Waals surface area contributed by atoms with Gasteiger partial charge in [-0.05, 0) is 37.2 Å². The third-order valence-corrected chi connectivity index (χ3v) is 4.71. The van der Waals surface area contributed by atoms with Gasteiger partial charge in [0, 0.05) is 30.5 Å². The van der Waals surface area contributed by atoms with Crippen LogP contribution in [0.25, 0.3) is 5.69 Å². The van der Waals surface area contributed by atoms with Crippen LogP contribution in [0.15, 0.2) is 54.3 Å². The number of carbonyl (C=O) groups excluding carboxylic acids is 1. The summed E-state index contributed by atoms with van der Waals surface area (Å²) in [5.74, 6) is -0.0203. The second-order valence-corrected chi connectivity index (χ2v) is 6.68. The number of benzene rings is 1. The van der Waals surface area contributed by atoms with Crippen LogP contribution in [0.4, 0.5) is 5.13 Å². The average molecular weight is 355 g/mol. The molecule has 0 radical (unpaired) electrons. The van der Waals surface area contributed by atoms with Gasteiger partial charge in [0.15, 0.2) is 5.13 Å². The van der Waals surface area contributed by atoms with Gasteiger partial charge in [-0.25, -0.2) is 9.67 Å². The van der Waals surface area contributed by atoms with Crippen LogP contribution in [0, 0.1) is 0 Å². The van der Waals surface area contributed by atoms with Crippen LogP contribution in [0.2, 0.25) is 0 Å². The minimum atomic E-state index is -0.199. The van der Waals surface area contributed by atoms with E-state index in [0.717, 1.165) is 17.7 Å². The maximum atomic E-state index is 12.5. The van der Waals surface area contributed by atoms with E-state index in [1.165, 1.54) is 11.3 Å². The zero-order chi connectivity index (χ0) is 17.6. The van der Waals surface area contributed by atoms with Crippen molar-refractivity contribution in [2.45, 2.75) is 25.9 Å². The molecule has 0 bridgehead atoms. The Bertz CT molecular complexity index is 784. The molecule has 1 N–H and O–H groups in total. The summed E-state index contributed by atoms with van der Waals surface area (Å²) in [5.41, 5.74) is 2.17.